The molecule has 0 fully saturated rings. The lowest BCUT2D eigenvalue weighted by Gasteiger charge is -2.10. The van der Waals surface area contributed by atoms with Crippen molar-refractivity contribution in [1.29, 1.82) is 0 Å². The van der Waals surface area contributed by atoms with Crippen molar-refractivity contribution in [3.63, 3.8) is 0 Å². The molecule has 90 valence electrons. The second kappa shape index (κ2) is 4.90. The van der Waals surface area contributed by atoms with Gasteiger partial charge in [-0.1, -0.05) is 0 Å². The van der Waals surface area contributed by atoms with Gasteiger partial charge in [0, 0.05) is 20.6 Å². The third kappa shape index (κ3) is 2.47. The van der Waals surface area contributed by atoms with E-state index in [0.29, 0.717) is 0 Å². The quantitative estimate of drug-likeness (QED) is 0.517. The number of aryl methyl sites for hydroxylation is 1. The maximum absolute atomic E-state index is 11.5. The Morgan fingerprint density at radius 2 is 2.06 bits per heavy atom. The van der Waals surface area contributed by atoms with Crippen LogP contribution in [-0.4, -0.2) is 43.8 Å². The van der Waals surface area contributed by atoms with E-state index in [1.807, 2.05) is 0 Å². The molecule has 8 heteroatoms. The standard InChI is InChI=1S/C8H14N4O4/c1-11-7(15)6(9-3-5(14)4-13)10-12(2)8(11)16/h5,13-14H,3-4H2,1-2H3,(H,9,10). The van der Waals surface area contributed by atoms with Crippen molar-refractivity contribution in [2.45, 2.75) is 6.10 Å². The van der Waals surface area contributed by atoms with Crippen molar-refractivity contribution in [2.75, 3.05) is 18.5 Å². The Balaban J connectivity index is 2.98. The molecule has 0 saturated heterocycles. The Hall–Kier alpha value is -1.67. The maximum Gasteiger partial charge on any atom is 0.346 e. The summed E-state index contributed by atoms with van der Waals surface area (Å²) in [6.07, 6.45) is -0.983. The van der Waals surface area contributed by atoms with Gasteiger partial charge in [0.2, 0.25) is 5.82 Å². The van der Waals surface area contributed by atoms with E-state index in [-0.39, 0.29) is 12.4 Å². The third-order valence-corrected chi connectivity index (χ3v) is 2.04. The molecule has 3 N–H and O–H groups in total. The van der Waals surface area contributed by atoms with E-state index in [1.54, 1.807) is 0 Å². The molecule has 0 bridgehead atoms. The van der Waals surface area contributed by atoms with Crippen LogP contribution >= 0.6 is 0 Å². The highest BCUT2D eigenvalue weighted by Crippen LogP contribution is 1.90. The third-order valence-electron chi connectivity index (χ3n) is 2.04. The Morgan fingerprint density at radius 1 is 1.44 bits per heavy atom. The van der Waals surface area contributed by atoms with E-state index in [4.69, 9.17) is 10.2 Å². The number of rotatable bonds is 4. The number of anilines is 1. The van der Waals surface area contributed by atoms with Gasteiger partial charge in [0.1, 0.15) is 0 Å². The van der Waals surface area contributed by atoms with Gasteiger partial charge in [0.15, 0.2) is 0 Å². The molecule has 0 saturated carbocycles. The maximum atomic E-state index is 11.5. The van der Waals surface area contributed by atoms with Crippen LogP contribution in [0.2, 0.25) is 0 Å². The highest BCUT2D eigenvalue weighted by atomic mass is 16.3. The average molecular weight is 230 g/mol. The average Bonchev–Trinajstić information content (AvgIpc) is 2.28. The highest BCUT2D eigenvalue weighted by molar-refractivity contribution is 5.29. The van der Waals surface area contributed by atoms with Gasteiger partial charge >= 0.3 is 5.69 Å². The SMILES string of the molecule is Cn1nc(NCC(O)CO)c(=O)n(C)c1=O. The minimum absolute atomic E-state index is 0.0169. The first-order chi connectivity index (χ1) is 7.47. The van der Waals surface area contributed by atoms with Gasteiger partial charge < -0.3 is 15.5 Å². The molecule has 1 unspecified atom stereocenters. The Kier molecular flexibility index (Phi) is 3.80. The molecule has 1 atom stereocenters. The van der Waals surface area contributed by atoms with E-state index in [0.717, 1.165) is 9.25 Å². The topological polar surface area (TPSA) is 109 Å². The molecule has 1 rings (SSSR count). The molecule has 0 aliphatic rings. The molecule has 8 nitrogen and oxygen atoms in total. The van der Waals surface area contributed by atoms with Crippen LogP contribution in [0.3, 0.4) is 0 Å². The van der Waals surface area contributed by atoms with Crippen molar-refractivity contribution in [3.8, 4) is 0 Å². The van der Waals surface area contributed by atoms with Gasteiger partial charge in [-0.15, -0.1) is 5.10 Å². The summed E-state index contributed by atoms with van der Waals surface area (Å²) >= 11 is 0. The van der Waals surface area contributed by atoms with Crippen LogP contribution in [-0.2, 0) is 14.1 Å². The molecular weight excluding hydrogens is 216 g/mol. The predicted molar refractivity (Wildman–Crippen MR) is 56.3 cm³/mol. The molecule has 0 aliphatic carbocycles. The second-order valence-electron chi connectivity index (χ2n) is 3.34. The number of aromatic nitrogens is 3. The smallest absolute Gasteiger partial charge is 0.346 e. The van der Waals surface area contributed by atoms with Crippen LogP contribution in [0.15, 0.2) is 9.59 Å². The number of hydrogen-bond acceptors (Lipinski definition) is 6. The molecule has 1 aromatic heterocycles. The lowest BCUT2D eigenvalue weighted by molar-refractivity contribution is 0.105. The van der Waals surface area contributed by atoms with E-state index in [1.165, 1.54) is 14.1 Å². The van der Waals surface area contributed by atoms with E-state index < -0.39 is 24.0 Å². The summed E-state index contributed by atoms with van der Waals surface area (Å²) in [5.74, 6) is -0.0444. The van der Waals surface area contributed by atoms with Gasteiger partial charge in [-0.2, -0.15) is 0 Å². The largest absolute Gasteiger partial charge is 0.394 e. The van der Waals surface area contributed by atoms with Crippen molar-refractivity contribution < 1.29 is 10.2 Å². The summed E-state index contributed by atoms with van der Waals surface area (Å²) in [6, 6.07) is 0. The highest BCUT2D eigenvalue weighted by Gasteiger charge is 2.09. The molecule has 16 heavy (non-hydrogen) atoms. The minimum atomic E-state index is -0.983. The van der Waals surface area contributed by atoms with Crippen LogP contribution < -0.4 is 16.6 Å². The number of aliphatic hydroxyl groups is 2. The number of nitrogens with zero attached hydrogens (tertiary/aromatic N) is 3. The summed E-state index contributed by atoms with van der Waals surface area (Å²) < 4.78 is 1.91. The molecule has 0 amide bonds. The van der Waals surface area contributed by atoms with Gasteiger partial charge in [0.05, 0.1) is 12.7 Å². The predicted octanol–water partition coefficient (Wildman–Crippen LogP) is -2.76. The van der Waals surface area contributed by atoms with E-state index in [2.05, 4.69) is 10.4 Å². The molecule has 0 aliphatic heterocycles. The normalized spacial score (nSPS) is 12.5. The van der Waals surface area contributed by atoms with Crippen molar-refractivity contribution in [2.24, 2.45) is 14.1 Å². The summed E-state index contributed by atoms with van der Waals surface area (Å²) in [6.45, 7) is -0.435. The summed E-state index contributed by atoms with van der Waals surface area (Å²) in [5, 5.41) is 23.9. The van der Waals surface area contributed by atoms with Crippen LogP contribution in [0.4, 0.5) is 5.82 Å². The van der Waals surface area contributed by atoms with Crippen LogP contribution in [0.25, 0.3) is 0 Å². The number of nitrogens with one attached hydrogen (secondary N) is 1. The van der Waals surface area contributed by atoms with E-state index >= 15 is 0 Å². The Labute approximate surface area is 90.8 Å². The first-order valence-electron chi connectivity index (χ1n) is 4.64. The molecular formula is C8H14N4O4. The molecule has 1 heterocycles. The molecule has 1 aromatic rings. The first kappa shape index (κ1) is 12.4. The zero-order valence-electron chi connectivity index (χ0n) is 9.04. The van der Waals surface area contributed by atoms with Crippen LogP contribution in [0, 0.1) is 0 Å². The van der Waals surface area contributed by atoms with Crippen molar-refractivity contribution >= 4 is 5.82 Å². The Bertz CT molecular complexity index is 478. The van der Waals surface area contributed by atoms with Gasteiger partial charge in [-0.25, -0.2) is 9.48 Å². The van der Waals surface area contributed by atoms with Crippen LogP contribution in [0.1, 0.15) is 0 Å². The monoisotopic (exact) mass is 230 g/mol. The van der Waals surface area contributed by atoms with Crippen molar-refractivity contribution in [3.05, 3.63) is 20.8 Å². The fourth-order valence-corrected chi connectivity index (χ4v) is 1.09. The van der Waals surface area contributed by atoms with E-state index in [9.17, 15) is 9.59 Å². The molecule has 0 radical (unpaired) electrons. The number of aliphatic hydroxyl groups excluding tert-OH is 2. The summed E-state index contributed by atoms with van der Waals surface area (Å²) in [4.78, 5) is 22.8. The fraction of sp³-hybridized carbons (Fsp3) is 0.625. The summed E-state index contributed by atoms with van der Waals surface area (Å²) in [7, 11) is 2.75. The summed E-state index contributed by atoms with van der Waals surface area (Å²) in [5.41, 5.74) is -1.11. The van der Waals surface area contributed by atoms with Gasteiger partial charge in [-0.3, -0.25) is 9.36 Å². The van der Waals surface area contributed by atoms with Crippen molar-refractivity contribution in [1.82, 2.24) is 14.3 Å². The van der Waals surface area contributed by atoms with Crippen LogP contribution in [0.5, 0.6) is 0 Å². The lowest BCUT2D eigenvalue weighted by Crippen LogP contribution is -2.40. The van der Waals surface area contributed by atoms with Gasteiger partial charge in [0.25, 0.3) is 5.56 Å². The lowest BCUT2D eigenvalue weighted by atomic mass is 10.4. The number of hydrogen-bond donors (Lipinski definition) is 3. The minimum Gasteiger partial charge on any atom is -0.394 e. The van der Waals surface area contributed by atoms with Gasteiger partial charge in [-0.05, 0) is 0 Å². The molecule has 0 aromatic carbocycles. The first-order valence-corrected chi connectivity index (χ1v) is 4.64. The zero-order chi connectivity index (χ0) is 12.3. The second-order valence-corrected chi connectivity index (χ2v) is 3.34. The Morgan fingerprint density at radius 3 is 2.62 bits per heavy atom. The molecule has 0 spiro atoms. The zero-order valence-corrected chi connectivity index (χ0v) is 9.04. The fourth-order valence-electron chi connectivity index (χ4n) is 1.09.